The van der Waals surface area contributed by atoms with Crippen molar-refractivity contribution >= 4 is 23.5 Å². The summed E-state index contributed by atoms with van der Waals surface area (Å²) in [6.07, 6.45) is 3.48. The molecule has 1 heterocycles. The molecule has 0 aromatic heterocycles. The van der Waals surface area contributed by atoms with Crippen molar-refractivity contribution in [2.24, 2.45) is 0 Å². The minimum atomic E-state index is 0.551. The topological polar surface area (TPSA) is 15.3 Å². The maximum Gasteiger partial charge on any atom is 0.0409 e. The molecule has 128 valence electrons. The summed E-state index contributed by atoms with van der Waals surface area (Å²) >= 11 is 8.05. The molecule has 1 aliphatic rings. The second kappa shape index (κ2) is 8.91. The first-order chi connectivity index (χ1) is 11.7. The summed E-state index contributed by atoms with van der Waals surface area (Å²) in [6, 6.07) is 17.5. The van der Waals surface area contributed by atoms with Gasteiger partial charge in [0.25, 0.3) is 0 Å². The Morgan fingerprint density at radius 3 is 2.79 bits per heavy atom. The summed E-state index contributed by atoms with van der Waals surface area (Å²) in [7, 11) is 0. The van der Waals surface area contributed by atoms with Gasteiger partial charge in [-0.2, -0.15) is 0 Å². The average Bonchev–Trinajstić information content (AvgIpc) is 3.03. The predicted molar refractivity (Wildman–Crippen MR) is 105 cm³/mol. The van der Waals surface area contributed by atoms with Crippen LogP contribution in [-0.2, 0) is 13.0 Å². The molecule has 1 saturated heterocycles. The first-order valence-corrected chi connectivity index (χ1v) is 9.88. The molecular formula is C20H25ClN2S. The third-order valence-electron chi connectivity index (χ3n) is 4.40. The van der Waals surface area contributed by atoms with E-state index in [0.717, 1.165) is 31.1 Å². The van der Waals surface area contributed by atoms with Crippen LogP contribution < -0.4 is 5.32 Å². The highest BCUT2D eigenvalue weighted by Crippen LogP contribution is 2.26. The van der Waals surface area contributed by atoms with Gasteiger partial charge in [0, 0.05) is 35.6 Å². The van der Waals surface area contributed by atoms with Crippen molar-refractivity contribution in [3.63, 3.8) is 0 Å². The van der Waals surface area contributed by atoms with Crippen molar-refractivity contribution in [1.82, 2.24) is 9.62 Å². The molecule has 3 rings (SSSR count). The number of benzene rings is 2. The van der Waals surface area contributed by atoms with Crippen LogP contribution in [0, 0.1) is 0 Å². The summed E-state index contributed by atoms with van der Waals surface area (Å²) < 4.78 is 2.46. The Hall–Kier alpha value is -1.00. The molecule has 2 aromatic rings. The molecule has 1 aliphatic heterocycles. The fraction of sp³-hybridized carbons (Fsp3) is 0.400. The van der Waals surface area contributed by atoms with Crippen molar-refractivity contribution < 1.29 is 0 Å². The van der Waals surface area contributed by atoms with E-state index in [1.54, 1.807) is 0 Å². The van der Waals surface area contributed by atoms with Crippen LogP contribution in [0.15, 0.2) is 53.4 Å². The number of aryl methyl sites for hydroxylation is 1. The third-order valence-corrected chi connectivity index (χ3v) is 5.71. The second-order valence-electron chi connectivity index (χ2n) is 6.32. The van der Waals surface area contributed by atoms with E-state index in [-0.39, 0.29) is 0 Å². The highest BCUT2D eigenvalue weighted by molar-refractivity contribution is 7.97. The maximum absolute atomic E-state index is 6.19. The minimum Gasteiger partial charge on any atom is -0.309 e. The van der Waals surface area contributed by atoms with E-state index >= 15 is 0 Å². The van der Waals surface area contributed by atoms with Crippen molar-refractivity contribution in [3.8, 4) is 0 Å². The Balaban J connectivity index is 1.52. The Labute approximate surface area is 154 Å². The molecule has 0 bridgehead atoms. The lowest BCUT2D eigenvalue weighted by Crippen LogP contribution is -2.30. The maximum atomic E-state index is 6.19. The summed E-state index contributed by atoms with van der Waals surface area (Å²) in [4.78, 5) is 1.32. The van der Waals surface area contributed by atoms with E-state index in [0.29, 0.717) is 6.04 Å². The standard InChI is InChI=1S/C20H25ClN2S/c1-2-6-16-9-10-18(21)13-17(16)14-22-19-11-12-23(15-19)24-20-7-4-3-5-8-20/h3-5,7-10,13,19,22H,2,6,11-12,14-15H2,1H3. The molecule has 1 atom stereocenters. The van der Waals surface area contributed by atoms with Gasteiger partial charge >= 0.3 is 0 Å². The van der Waals surface area contributed by atoms with Gasteiger partial charge in [-0.1, -0.05) is 49.2 Å². The van der Waals surface area contributed by atoms with Crippen LogP contribution in [0.3, 0.4) is 0 Å². The van der Waals surface area contributed by atoms with Gasteiger partial charge in [0.05, 0.1) is 0 Å². The van der Waals surface area contributed by atoms with Gasteiger partial charge in [-0.25, -0.2) is 4.31 Å². The van der Waals surface area contributed by atoms with Crippen molar-refractivity contribution in [3.05, 3.63) is 64.7 Å². The molecule has 2 nitrogen and oxygen atoms in total. The van der Waals surface area contributed by atoms with Crippen LogP contribution in [0.25, 0.3) is 0 Å². The minimum absolute atomic E-state index is 0.551. The quantitative estimate of drug-likeness (QED) is 0.686. The lowest BCUT2D eigenvalue weighted by atomic mass is 10.0. The van der Waals surface area contributed by atoms with Gasteiger partial charge in [-0.15, -0.1) is 0 Å². The van der Waals surface area contributed by atoms with Crippen molar-refractivity contribution in [2.75, 3.05) is 13.1 Å². The normalized spacial score (nSPS) is 18.2. The molecule has 0 radical (unpaired) electrons. The second-order valence-corrected chi connectivity index (χ2v) is 7.93. The van der Waals surface area contributed by atoms with Gasteiger partial charge in [0.2, 0.25) is 0 Å². The third kappa shape index (κ3) is 5.00. The number of hydrogen-bond acceptors (Lipinski definition) is 3. The summed E-state index contributed by atoms with van der Waals surface area (Å²) in [5.74, 6) is 0. The van der Waals surface area contributed by atoms with Crippen LogP contribution in [0.5, 0.6) is 0 Å². The molecule has 24 heavy (non-hydrogen) atoms. The molecule has 2 aromatic carbocycles. The smallest absolute Gasteiger partial charge is 0.0409 e. The van der Waals surface area contributed by atoms with Gasteiger partial charge < -0.3 is 5.32 Å². The fourth-order valence-corrected chi connectivity index (χ4v) is 4.36. The molecule has 1 N–H and O–H groups in total. The van der Waals surface area contributed by atoms with Crippen LogP contribution in [0.4, 0.5) is 0 Å². The molecule has 1 fully saturated rings. The zero-order valence-corrected chi connectivity index (χ0v) is 15.7. The monoisotopic (exact) mass is 360 g/mol. The molecule has 4 heteroatoms. The molecule has 0 saturated carbocycles. The fourth-order valence-electron chi connectivity index (χ4n) is 3.13. The zero-order valence-electron chi connectivity index (χ0n) is 14.2. The van der Waals surface area contributed by atoms with E-state index in [2.05, 4.69) is 59.0 Å². The van der Waals surface area contributed by atoms with Gasteiger partial charge in [-0.05, 0) is 60.2 Å². The van der Waals surface area contributed by atoms with E-state index < -0.39 is 0 Å². The highest BCUT2D eigenvalue weighted by atomic mass is 35.5. The molecule has 0 amide bonds. The van der Waals surface area contributed by atoms with Gasteiger partial charge in [-0.3, -0.25) is 0 Å². The first-order valence-electron chi connectivity index (χ1n) is 8.73. The summed E-state index contributed by atoms with van der Waals surface area (Å²) in [5, 5.41) is 4.56. The number of rotatable bonds is 7. The van der Waals surface area contributed by atoms with E-state index in [4.69, 9.17) is 11.6 Å². The molecule has 0 spiro atoms. The lowest BCUT2D eigenvalue weighted by molar-refractivity contribution is 0.509. The number of hydrogen-bond donors (Lipinski definition) is 1. The van der Waals surface area contributed by atoms with Crippen LogP contribution in [-0.4, -0.2) is 23.4 Å². The Kier molecular flexibility index (Phi) is 6.61. The van der Waals surface area contributed by atoms with E-state index in [9.17, 15) is 0 Å². The number of nitrogens with zero attached hydrogens (tertiary/aromatic N) is 1. The Bertz CT molecular complexity index is 647. The van der Waals surface area contributed by atoms with Crippen LogP contribution in [0.2, 0.25) is 5.02 Å². The zero-order chi connectivity index (χ0) is 16.8. The first kappa shape index (κ1) is 17.8. The number of halogens is 1. The summed E-state index contributed by atoms with van der Waals surface area (Å²) in [6.45, 7) is 5.35. The van der Waals surface area contributed by atoms with Crippen LogP contribution in [0.1, 0.15) is 30.9 Å². The van der Waals surface area contributed by atoms with Gasteiger partial charge in [0.15, 0.2) is 0 Å². The molecule has 1 unspecified atom stereocenters. The average molecular weight is 361 g/mol. The largest absolute Gasteiger partial charge is 0.309 e. The summed E-state index contributed by atoms with van der Waals surface area (Å²) in [5.41, 5.74) is 2.77. The predicted octanol–water partition coefficient (Wildman–Crippen LogP) is 5.16. The SMILES string of the molecule is CCCc1ccc(Cl)cc1CNC1CCN(Sc2ccccc2)C1. The lowest BCUT2D eigenvalue weighted by Gasteiger charge is -2.17. The van der Waals surface area contributed by atoms with Gasteiger partial charge in [0.1, 0.15) is 0 Å². The Morgan fingerprint density at radius 2 is 2.00 bits per heavy atom. The van der Waals surface area contributed by atoms with Crippen molar-refractivity contribution in [2.45, 2.75) is 43.7 Å². The van der Waals surface area contributed by atoms with Crippen LogP contribution >= 0.6 is 23.5 Å². The molecule has 0 aliphatic carbocycles. The highest BCUT2D eigenvalue weighted by Gasteiger charge is 2.22. The number of nitrogens with one attached hydrogen (secondary N) is 1. The molecular weight excluding hydrogens is 336 g/mol. The Morgan fingerprint density at radius 1 is 1.17 bits per heavy atom. The van der Waals surface area contributed by atoms with E-state index in [1.807, 2.05) is 18.0 Å². The van der Waals surface area contributed by atoms with E-state index in [1.165, 1.54) is 28.9 Å². The van der Waals surface area contributed by atoms with Crippen molar-refractivity contribution in [1.29, 1.82) is 0 Å².